The van der Waals surface area contributed by atoms with Gasteiger partial charge in [0.25, 0.3) is 0 Å². The van der Waals surface area contributed by atoms with Crippen LogP contribution < -0.4 is 0 Å². The lowest BCUT2D eigenvalue weighted by molar-refractivity contribution is -0.117. The molecular weight excluding hydrogens is 344 g/mol. The minimum atomic E-state index is -0.101. The van der Waals surface area contributed by atoms with Gasteiger partial charge in [0.2, 0.25) is 0 Å². The van der Waals surface area contributed by atoms with Crippen molar-refractivity contribution in [2.45, 2.75) is 104 Å². The van der Waals surface area contributed by atoms with Crippen molar-refractivity contribution in [3.05, 3.63) is 11.6 Å². The van der Waals surface area contributed by atoms with E-state index in [1.165, 1.54) is 44.9 Å². The van der Waals surface area contributed by atoms with E-state index in [2.05, 4.69) is 26.8 Å². The smallest absolute Gasteiger partial charge is 0.129 e. The lowest BCUT2D eigenvalue weighted by Crippen LogP contribution is -2.50. The monoisotopic (exact) mass is 386 g/mol. The summed E-state index contributed by atoms with van der Waals surface area (Å²) < 4.78 is 0. The molecule has 0 saturated heterocycles. The van der Waals surface area contributed by atoms with Crippen LogP contribution in [0.3, 0.4) is 0 Å². The maximum absolute atomic E-state index is 11.3. The van der Waals surface area contributed by atoms with Gasteiger partial charge in [0.05, 0.1) is 6.10 Å². The summed E-state index contributed by atoms with van der Waals surface area (Å²) in [5, 5.41) is 10.2. The van der Waals surface area contributed by atoms with E-state index in [-0.39, 0.29) is 6.10 Å². The van der Waals surface area contributed by atoms with Gasteiger partial charge in [-0.05, 0) is 105 Å². The van der Waals surface area contributed by atoms with Crippen LogP contribution in [-0.2, 0) is 4.79 Å². The molecule has 0 aromatic carbocycles. The summed E-state index contributed by atoms with van der Waals surface area (Å²) in [7, 11) is 0. The molecule has 0 radical (unpaired) electrons. The highest BCUT2D eigenvalue weighted by atomic mass is 16.3. The van der Waals surface area contributed by atoms with Crippen LogP contribution >= 0.6 is 0 Å². The molecule has 0 aromatic rings. The number of rotatable bonds is 5. The number of aliphatic hydroxyl groups is 1. The van der Waals surface area contributed by atoms with Crippen molar-refractivity contribution in [1.29, 1.82) is 0 Å². The van der Waals surface area contributed by atoms with Crippen LogP contribution in [0.2, 0.25) is 0 Å². The van der Waals surface area contributed by atoms with E-state index in [1.54, 1.807) is 12.5 Å². The first kappa shape index (κ1) is 20.6. The van der Waals surface area contributed by atoms with Crippen molar-refractivity contribution in [3.63, 3.8) is 0 Å². The van der Waals surface area contributed by atoms with Crippen molar-refractivity contribution in [1.82, 2.24) is 0 Å². The molecule has 4 aliphatic carbocycles. The number of allylic oxidation sites excluding steroid dienone is 1. The van der Waals surface area contributed by atoms with Crippen LogP contribution in [0.1, 0.15) is 98.3 Å². The second-order valence-corrected chi connectivity index (χ2v) is 11.5. The lowest BCUT2D eigenvalue weighted by Gasteiger charge is -2.58. The fourth-order valence-electron chi connectivity index (χ4n) is 8.49. The van der Waals surface area contributed by atoms with Crippen molar-refractivity contribution in [2.75, 3.05) is 0 Å². The van der Waals surface area contributed by atoms with Crippen LogP contribution in [0.25, 0.3) is 0 Å². The summed E-state index contributed by atoms with van der Waals surface area (Å²) in [6.07, 6.45) is 15.5. The highest BCUT2D eigenvalue weighted by Gasteiger charge is 2.59. The molecule has 2 heteroatoms. The number of fused-ring (bicyclic) bond motifs is 5. The van der Waals surface area contributed by atoms with E-state index >= 15 is 0 Å². The fourth-order valence-corrected chi connectivity index (χ4v) is 8.49. The summed E-state index contributed by atoms with van der Waals surface area (Å²) in [6.45, 7) is 9.35. The maximum atomic E-state index is 11.3. The predicted molar refractivity (Wildman–Crippen MR) is 115 cm³/mol. The van der Waals surface area contributed by atoms with Gasteiger partial charge in [0, 0.05) is 6.42 Å². The average molecular weight is 387 g/mol. The number of aliphatic hydroxyl groups excluding tert-OH is 1. The third-order valence-electron chi connectivity index (χ3n) is 10.0. The Bertz CT molecular complexity index is 636. The second kappa shape index (κ2) is 7.56. The van der Waals surface area contributed by atoms with Crippen LogP contribution in [0, 0.1) is 40.4 Å². The van der Waals surface area contributed by atoms with Gasteiger partial charge in [0.1, 0.15) is 5.78 Å². The summed E-state index contributed by atoms with van der Waals surface area (Å²) >= 11 is 0. The largest absolute Gasteiger partial charge is 0.393 e. The number of hydrogen-bond donors (Lipinski definition) is 1. The zero-order valence-corrected chi connectivity index (χ0v) is 18.7. The van der Waals surface area contributed by atoms with Crippen LogP contribution in [-0.4, -0.2) is 17.0 Å². The number of hydrogen-bond acceptors (Lipinski definition) is 2. The first-order valence-electron chi connectivity index (χ1n) is 12.1. The third kappa shape index (κ3) is 3.32. The van der Waals surface area contributed by atoms with E-state index in [4.69, 9.17) is 0 Å². The Kier molecular flexibility index (Phi) is 5.57. The van der Waals surface area contributed by atoms with Gasteiger partial charge in [-0.1, -0.05) is 38.8 Å². The van der Waals surface area contributed by atoms with Gasteiger partial charge in [-0.3, -0.25) is 0 Å². The number of carbonyl (C=O) groups excluding carboxylic acids is 1. The Morgan fingerprint density at radius 2 is 1.96 bits per heavy atom. The van der Waals surface area contributed by atoms with E-state index < -0.39 is 0 Å². The lowest BCUT2D eigenvalue weighted by atomic mass is 9.47. The quantitative estimate of drug-likeness (QED) is 0.561. The van der Waals surface area contributed by atoms with E-state index in [0.717, 1.165) is 55.3 Å². The highest BCUT2D eigenvalue weighted by molar-refractivity contribution is 5.75. The van der Waals surface area contributed by atoms with E-state index in [9.17, 15) is 9.90 Å². The average Bonchev–Trinajstić information content (AvgIpc) is 2.99. The minimum Gasteiger partial charge on any atom is -0.393 e. The topological polar surface area (TPSA) is 37.3 Å². The maximum Gasteiger partial charge on any atom is 0.129 e. The Labute approximate surface area is 172 Å². The minimum absolute atomic E-state index is 0.101. The Morgan fingerprint density at radius 3 is 2.71 bits per heavy atom. The van der Waals surface area contributed by atoms with Crippen molar-refractivity contribution >= 4 is 5.78 Å². The zero-order valence-electron chi connectivity index (χ0n) is 18.7. The molecule has 4 rings (SSSR count). The second-order valence-electron chi connectivity index (χ2n) is 11.5. The number of Topliss-reactive ketones (excluding diaryl/α,β-unsaturated/α-hetero) is 1. The predicted octanol–water partition coefficient (Wildman–Crippen LogP) is 6.32. The van der Waals surface area contributed by atoms with Gasteiger partial charge in [0.15, 0.2) is 0 Å². The molecule has 0 unspecified atom stereocenters. The zero-order chi connectivity index (χ0) is 20.1. The third-order valence-corrected chi connectivity index (χ3v) is 10.0. The number of ketones is 1. The SMILES string of the molecule is CC(=O)CCC[C@H](C)[C@H]1CC[C@H]2[C@@H]3CC=C4C[C@H](O)CC[C@]4(C)[C@H]3CC[C@]12C. The summed E-state index contributed by atoms with van der Waals surface area (Å²) in [5.41, 5.74) is 2.45. The van der Waals surface area contributed by atoms with Crippen molar-refractivity contribution < 1.29 is 9.90 Å². The summed E-state index contributed by atoms with van der Waals surface area (Å²) in [6, 6.07) is 0. The molecular formula is C26H42O2. The van der Waals surface area contributed by atoms with Crippen molar-refractivity contribution in [2.24, 2.45) is 40.4 Å². The molecule has 2 nitrogen and oxygen atoms in total. The molecule has 0 amide bonds. The van der Waals surface area contributed by atoms with Gasteiger partial charge < -0.3 is 9.90 Å². The van der Waals surface area contributed by atoms with Crippen molar-refractivity contribution in [3.8, 4) is 0 Å². The van der Waals surface area contributed by atoms with E-state index in [0.29, 0.717) is 16.6 Å². The standard InChI is InChI=1S/C26H42O2/c1-17(6-5-7-18(2)27)22-10-11-23-21-9-8-19-16-20(28)12-14-25(19,3)24(21)13-15-26(22,23)4/h8,17,20-24,28H,5-7,9-16H2,1-4H3/t17-,20+,21-,22+,23-,24-,25-,26+/m0/s1. The van der Waals surface area contributed by atoms with Crippen LogP contribution in [0.4, 0.5) is 0 Å². The number of carbonyl (C=O) groups is 1. The Hall–Kier alpha value is -0.630. The van der Waals surface area contributed by atoms with Gasteiger partial charge in [-0.25, -0.2) is 0 Å². The molecule has 0 bridgehead atoms. The first-order valence-corrected chi connectivity index (χ1v) is 12.1. The summed E-state index contributed by atoms with van der Waals surface area (Å²) in [4.78, 5) is 11.3. The molecule has 3 saturated carbocycles. The molecule has 3 fully saturated rings. The molecule has 28 heavy (non-hydrogen) atoms. The van der Waals surface area contributed by atoms with Gasteiger partial charge >= 0.3 is 0 Å². The molecule has 0 heterocycles. The molecule has 0 spiro atoms. The summed E-state index contributed by atoms with van der Waals surface area (Å²) in [5.74, 6) is 4.52. The van der Waals surface area contributed by atoms with Gasteiger partial charge in [-0.15, -0.1) is 0 Å². The molecule has 158 valence electrons. The van der Waals surface area contributed by atoms with Gasteiger partial charge in [-0.2, -0.15) is 0 Å². The molecule has 4 aliphatic rings. The normalized spacial score (nSPS) is 46.2. The molecule has 1 N–H and O–H groups in total. The Morgan fingerprint density at radius 1 is 1.18 bits per heavy atom. The Balaban J connectivity index is 1.50. The first-order chi connectivity index (χ1) is 13.3. The van der Waals surface area contributed by atoms with Crippen LogP contribution in [0.15, 0.2) is 11.6 Å². The fraction of sp³-hybridized carbons (Fsp3) is 0.885. The molecule has 0 aliphatic heterocycles. The van der Waals surface area contributed by atoms with E-state index in [1.807, 2.05) is 0 Å². The van der Waals surface area contributed by atoms with Crippen LogP contribution in [0.5, 0.6) is 0 Å². The molecule has 8 atom stereocenters. The molecule has 0 aromatic heterocycles. The highest BCUT2D eigenvalue weighted by Crippen LogP contribution is 2.67.